The minimum absolute atomic E-state index is 0.0673. The van der Waals surface area contributed by atoms with Crippen LogP contribution in [0.3, 0.4) is 0 Å². The molecule has 7 atom stereocenters. The van der Waals surface area contributed by atoms with Gasteiger partial charge in [0, 0.05) is 37.9 Å². The molecule has 3 N–H and O–H groups in total. The van der Waals surface area contributed by atoms with Gasteiger partial charge in [0.05, 0.1) is 12.0 Å². The van der Waals surface area contributed by atoms with Crippen molar-refractivity contribution in [1.82, 2.24) is 25.4 Å². The fourth-order valence-electron chi connectivity index (χ4n) is 7.20. The van der Waals surface area contributed by atoms with Gasteiger partial charge in [0.15, 0.2) is 6.10 Å². The van der Waals surface area contributed by atoms with Gasteiger partial charge in [0.25, 0.3) is 5.91 Å². The normalized spacial score (nSPS) is 21.5. The van der Waals surface area contributed by atoms with Crippen LogP contribution in [0.1, 0.15) is 112 Å². The van der Waals surface area contributed by atoms with E-state index in [1.54, 1.807) is 23.4 Å². The van der Waals surface area contributed by atoms with Crippen LogP contribution in [0, 0.1) is 17.7 Å². The maximum Gasteiger partial charge on any atom is 0.311 e. The van der Waals surface area contributed by atoms with Crippen molar-refractivity contribution in [2.75, 3.05) is 20.6 Å². The Bertz CT molecular complexity index is 1580. The predicted octanol–water partition coefficient (Wildman–Crippen LogP) is 4.69. The number of carbonyl (C=O) groups excluding carboxylic acids is 4. The van der Waals surface area contributed by atoms with Gasteiger partial charge in [-0.3, -0.25) is 28.9 Å². The molecule has 1 aromatic carbocycles. The van der Waals surface area contributed by atoms with E-state index in [1.807, 2.05) is 39.6 Å². The van der Waals surface area contributed by atoms with Gasteiger partial charge in [-0.05, 0) is 74.4 Å². The summed E-state index contributed by atoms with van der Waals surface area (Å²) in [7, 11) is 3.63. The van der Waals surface area contributed by atoms with Crippen LogP contribution >= 0.6 is 11.3 Å². The van der Waals surface area contributed by atoms with E-state index in [9.17, 15) is 33.5 Å². The molecule has 2 unspecified atom stereocenters. The highest BCUT2D eigenvalue weighted by molar-refractivity contribution is 7.09. The van der Waals surface area contributed by atoms with Crippen LogP contribution in [0.15, 0.2) is 23.6 Å². The average Bonchev–Trinajstić information content (AvgIpc) is 3.58. The second kappa shape index (κ2) is 17.5. The summed E-state index contributed by atoms with van der Waals surface area (Å²) in [6, 6.07) is 2.10. The lowest BCUT2D eigenvalue weighted by molar-refractivity contribution is -0.149. The number of nitrogens with one attached hydrogen (secondary N) is 2. The molecule has 280 valence electrons. The van der Waals surface area contributed by atoms with Crippen molar-refractivity contribution in [2.45, 2.75) is 116 Å². The molecule has 14 heteroatoms. The van der Waals surface area contributed by atoms with Crippen LogP contribution in [0.4, 0.5) is 4.39 Å². The van der Waals surface area contributed by atoms with Gasteiger partial charge in [0.2, 0.25) is 11.8 Å². The summed E-state index contributed by atoms with van der Waals surface area (Å²) in [4.78, 5) is 73.4. The first-order valence-corrected chi connectivity index (χ1v) is 18.7. The number of fused-ring (bicyclic) bond motifs is 1. The summed E-state index contributed by atoms with van der Waals surface area (Å²) in [5.74, 6) is -4.21. The van der Waals surface area contributed by atoms with Gasteiger partial charge in [-0.15, -0.1) is 11.3 Å². The van der Waals surface area contributed by atoms with Crippen LogP contribution in [-0.4, -0.2) is 94.4 Å². The molecule has 1 aliphatic carbocycles. The summed E-state index contributed by atoms with van der Waals surface area (Å²) in [5.41, 5.74) is 1.15. The van der Waals surface area contributed by atoms with Gasteiger partial charge < -0.3 is 25.4 Å². The lowest BCUT2D eigenvalue weighted by Gasteiger charge is -2.38. The maximum absolute atomic E-state index is 14.1. The first-order chi connectivity index (χ1) is 24.1. The Hall–Kier alpha value is -3.91. The summed E-state index contributed by atoms with van der Waals surface area (Å²) >= 11 is 1.15. The van der Waals surface area contributed by atoms with Crippen molar-refractivity contribution >= 4 is 41.0 Å². The van der Waals surface area contributed by atoms with Gasteiger partial charge >= 0.3 is 11.9 Å². The van der Waals surface area contributed by atoms with Crippen LogP contribution in [0.5, 0.6) is 0 Å². The van der Waals surface area contributed by atoms with Gasteiger partial charge in [0.1, 0.15) is 22.6 Å². The zero-order chi connectivity index (χ0) is 37.6. The van der Waals surface area contributed by atoms with E-state index in [4.69, 9.17) is 4.74 Å². The number of carbonyl (C=O) groups is 5. The Morgan fingerprint density at radius 2 is 1.90 bits per heavy atom. The highest BCUT2D eigenvalue weighted by atomic mass is 32.1. The maximum atomic E-state index is 14.1. The van der Waals surface area contributed by atoms with Crippen molar-refractivity contribution in [2.24, 2.45) is 11.8 Å². The molecule has 0 bridgehead atoms. The molecule has 1 aliphatic heterocycles. The highest BCUT2D eigenvalue weighted by Gasteiger charge is 2.38. The zero-order valence-corrected chi connectivity index (χ0v) is 31.4. The van der Waals surface area contributed by atoms with Crippen LogP contribution in [0.2, 0.25) is 0 Å². The molecule has 2 aliphatic rings. The number of thiazole rings is 1. The molecule has 1 fully saturated rings. The third-order valence-electron chi connectivity index (χ3n) is 10.4. The van der Waals surface area contributed by atoms with Crippen molar-refractivity contribution in [3.05, 3.63) is 51.2 Å². The van der Waals surface area contributed by atoms with E-state index >= 15 is 0 Å². The number of carboxylic acid groups (broad SMARTS) is 1. The molecular formula is C37H52FN5O7S. The molecule has 1 saturated heterocycles. The van der Waals surface area contributed by atoms with E-state index in [0.717, 1.165) is 37.1 Å². The third kappa shape index (κ3) is 9.91. The first-order valence-electron chi connectivity index (χ1n) is 17.8. The summed E-state index contributed by atoms with van der Waals surface area (Å²) in [6.45, 7) is 9.98. The number of likely N-dealkylation sites (tertiary alicyclic amines) is 1. The van der Waals surface area contributed by atoms with E-state index in [-0.39, 0.29) is 48.2 Å². The molecule has 12 nitrogen and oxygen atoms in total. The molecule has 0 spiro atoms. The lowest BCUT2D eigenvalue weighted by atomic mass is 9.80. The zero-order valence-electron chi connectivity index (χ0n) is 30.6. The number of esters is 1. The molecule has 1 aromatic heterocycles. The molecule has 3 amide bonds. The van der Waals surface area contributed by atoms with Crippen molar-refractivity contribution in [3.63, 3.8) is 0 Å². The number of aromatic nitrogens is 1. The molecule has 0 saturated carbocycles. The van der Waals surface area contributed by atoms with E-state index < -0.39 is 53.8 Å². The molecule has 2 aromatic rings. The number of hydrogen-bond acceptors (Lipinski definition) is 9. The third-order valence-corrected chi connectivity index (χ3v) is 11.3. The minimum atomic E-state index is -1.10. The van der Waals surface area contributed by atoms with Crippen LogP contribution < -0.4 is 10.6 Å². The number of rotatable bonds is 14. The Morgan fingerprint density at radius 1 is 1.18 bits per heavy atom. The Balaban J connectivity index is 1.50. The monoisotopic (exact) mass is 729 g/mol. The quantitative estimate of drug-likeness (QED) is 0.235. The van der Waals surface area contributed by atoms with Crippen LogP contribution in [0.25, 0.3) is 0 Å². The number of amides is 3. The number of piperidine rings is 1. The highest BCUT2D eigenvalue weighted by Crippen LogP contribution is 2.34. The number of nitrogens with zero attached hydrogens (tertiary/aromatic N) is 3. The van der Waals surface area contributed by atoms with Crippen molar-refractivity contribution in [1.29, 1.82) is 0 Å². The number of halogens is 1. The second-order valence-electron chi connectivity index (χ2n) is 14.4. The largest absolute Gasteiger partial charge is 0.481 e. The Labute approximate surface area is 303 Å². The van der Waals surface area contributed by atoms with E-state index in [1.165, 1.54) is 19.1 Å². The predicted molar refractivity (Wildman–Crippen MR) is 191 cm³/mol. The number of ether oxygens (including phenoxy) is 1. The summed E-state index contributed by atoms with van der Waals surface area (Å²) in [5, 5.41) is 17.7. The molecule has 2 heterocycles. The van der Waals surface area contributed by atoms with Gasteiger partial charge in [-0.2, -0.15) is 0 Å². The number of aliphatic carboxylic acids is 1. The number of hydrogen-bond donors (Lipinski definition) is 3. The van der Waals surface area contributed by atoms with E-state index in [0.29, 0.717) is 29.0 Å². The molecule has 51 heavy (non-hydrogen) atoms. The van der Waals surface area contributed by atoms with Crippen molar-refractivity contribution in [3.8, 4) is 0 Å². The molecular weight excluding hydrogens is 678 g/mol. The Kier molecular flexibility index (Phi) is 13.7. The average molecular weight is 730 g/mol. The SMILES string of the molecule is CC[C@H](C)C(NC(=O)C1CCCCN1C)C(=O)N(C)[C@H](C[C@@H](OC(C)=O)c1nc(C(=O)N[C@H]2Cc3ccc(F)cc3[C@H](C(=O)O)C2)cs1)C(C)C. The van der Waals surface area contributed by atoms with E-state index in [2.05, 4.69) is 15.6 Å². The molecule has 0 radical (unpaired) electrons. The minimum Gasteiger partial charge on any atom is -0.481 e. The first kappa shape index (κ1) is 39.9. The second-order valence-corrected chi connectivity index (χ2v) is 15.3. The number of likely N-dealkylation sites (N-methyl/N-ethyl adjacent to an activating group) is 2. The lowest BCUT2D eigenvalue weighted by Crippen LogP contribution is -2.58. The Morgan fingerprint density at radius 3 is 2.53 bits per heavy atom. The van der Waals surface area contributed by atoms with Gasteiger partial charge in [-0.1, -0.05) is 46.6 Å². The van der Waals surface area contributed by atoms with Crippen molar-refractivity contribution < 1.29 is 38.2 Å². The van der Waals surface area contributed by atoms with Crippen LogP contribution in [-0.2, 0) is 30.3 Å². The number of benzene rings is 1. The molecule has 4 rings (SSSR count). The summed E-state index contributed by atoms with van der Waals surface area (Å²) < 4.78 is 19.6. The number of carboxylic acids is 1. The fourth-order valence-corrected chi connectivity index (χ4v) is 8.04. The standard InChI is InChI=1S/C37H52FN5O7S/c1-8-21(4)32(41-34(46)29-11-9-10-14-42(29)6)36(47)43(7)30(20(2)3)18-31(50-22(5)44)35-40-28(19-51-35)33(45)39-25-15-23-12-13-24(38)16-26(23)27(17-25)37(48)49/h12-13,16,19-21,25,27,29-32H,8-11,14-15,17-18H2,1-7H3,(H,39,45)(H,41,46)(H,48,49)/t21-,25-,27+,29?,30+,31+,32?/m0/s1. The summed E-state index contributed by atoms with van der Waals surface area (Å²) in [6.07, 6.45) is 3.19. The topological polar surface area (TPSA) is 158 Å². The smallest absolute Gasteiger partial charge is 0.311 e. The fraction of sp³-hybridized carbons (Fsp3) is 0.622. The van der Waals surface area contributed by atoms with Gasteiger partial charge in [-0.25, -0.2) is 9.37 Å².